The maximum Gasteiger partial charge on any atom is 0.404 e. The van der Waals surface area contributed by atoms with Gasteiger partial charge in [0.15, 0.2) is 0 Å². The number of carbonyl (C=O) groups is 2. The first-order valence-electron chi connectivity index (χ1n) is 9.13. The number of rotatable bonds is 7. The lowest BCUT2D eigenvalue weighted by molar-refractivity contribution is -0.130. The second-order valence-electron chi connectivity index (χ2n) is 7.56. The van der Waals surface area contributed by atoms with E-state index in [1.807, 2.05) is 24.3 Å². The number of hydrogen-bond donors (Lipinski definition) is 3. The SMILES string of the molecule is CNC(=O)C12CCC(c3ccc(OC/C(=C\F)CNC(=O)O)cc3)(CC1)C2. The molecule has 0 saturated heterocycles. The molecular formula is C20H25FN2O4. The van der Waals surface area contributed by atoms with Crippen LogP contribution in [-0.4, -0.2) is 37.3 Å². The molecule has 2 aliphatic carbocycles. The van der Waals surface area contributed by atoms with E-state index in [2.05, 4.69) is 10.6 Å². The fourth-order valence-electron chi connectivity index (χ4n) is 4.56. The maximum atomic E-state index is 12.8. The van der Waals surface area contributed by atoms with Gasteiger partial charge in [0.2, 0.25) is 5.91 Å². The molecule has 0 unspecified atom stereocenters. The first-order valence-corrected chi connectivity index (χ1v) is 9.13. The first-order chi connectivity index (χ1) is 12.9. The van der Waals surface area contributed by atoms with Crippen LogP contribution in [0, 0.1) is 5.41 Å². The number of amides is 2. The van der Waals surface area contributed by atoms with Crippen LogP contribution in [0.3, 0.4) is 0 Å². The molecule has 2 saturated carbocycles. The molecule has 3 N–H and O–H groups in total. The Hall–Kier alpha value is -2.57. The summed E-state index contributed by atoms with van der Waals surface area (Å²) in [6, 6.07) is 7.75. The Morgan fingerprint density at radius 2 is 1.89 bits per heavy atom. The minimum Gasteiger partial charge on any atom is -0.489 e. The molecule has 1 aromatic carbocycles. The van der Waals surface area contributed by atoms with Crippen molar-refractivity contribution in [1.29, 1.82) is 0 Å². The number of hydrogen-bond acceptors (Lipinski definition) is 3. The van der Waals surface area contributed by atoms with Gasteiger partial charge in [-0.3, -0.25) is 4.79 Å². The van der Waals surface area contributed by atoms with Gasteiger partial charge in [0.25, 0.3) is 0 Å². The summed E-state index contributed by atoms with van der Waals surface area (Å²) in [5.74, 6) is 0.751. The molecule has 2 bridgehead atoms. The lowest BCUT2D eigenvalue weighted by atomic mass is 9.77. The zero-order valence-electron chi connectivity index (χ0n) is 15.4. The Morgan fingerprint density at radius 3 is 2.44 bits per heavy atom. The third kappa shape index (κ3) is 3.77. The lowest BCUT2D eigenvalue weighted by Gasteiger charge is -2.27. The third-order valence-corrected chi connectivity index (χ3v) is 6.06. The highest BCUT2D eigenvalue weighted by Crippen LogP contribution is 2.62. The van der Waals surface area contributed by atoms with Gasteiger partial charge in [-0.1, -0.05) is 12.1 Å². The molecular weight excluding hydrogens is 351 g/mol. The van der Waals surface area contributed by atoms with Gasteiger partial charge >= 0.3 is 6.09 Å². The quantitative estimate of drug-likeness (QED) is 0.682. The van der Waals surface area contributed by atoms with Crippen LogP contribution in [0.2, 0.25) is 0 Å². The summed E-state index contributed by atoms with van der Waals surface area (Å²) in [4.78, 5) is 22.8. The number of halogens is 1. The number of carbonyl (C=O) groups excluding carboxylic acids is 1. The maximum absolute atomic E-state index is 12.8. The van der Waals surface area contributed by atoms with E-state index in [0.29, 0.717) is 12.1 Å². The molecule has 1 aromatic rings. The van der Waals surface area contributed by atoms with Crippen molar-refractivity contribution in [2.75, 3.05) is 20.2 Å². The van der Waals surface area contributed by atoms with Crippen molar-refractivity contribution in [2.45, 2.75) is 37.5 Å². The summed E-state index contributed by atoms with van der Waals surface area (Å²) >= 11 is 0. The average Bonchev–Trinajstić information content (AvgIpc) is 3.26. The molecule has 2 fully saturated rings. The van der Waals surface area contributed by atoms with Gasteiger partial charge < -0.3 is 20.5 Å². The lowest BCUT2D eigenvalue weighted by Crippen LogP contribution is -2.35. The summed E-state index contributed by atoms with van der Waals surface area (Å²) in [7, 11) is 1.70. The van der Waals surface area contributed by atoms with Gasteiger partial charge in [0, 0.05) is 19.2 Å². The number of nitrogens with one attached hydrogen (secondary N) is 2. The van der Waals surface area contributed by atoms with Gasteiger partial charge in [-0.2, -0.15) is 0 Å². The average molecular weight is 376 g/mol. The number of fused-ring (bicyclic) bond motifs is 2. The van der Waals surface area contributed by atoms with Crippen molar-refractivity contribution >= 4 is 12.0 Å². The van der Waals surface area contributed by atoms with Crippen molar-refractivity contribution < 1.29 is 23.8 Å². The normalized spacial score (nSPS) is 26.7. The van der Waals surface area contributed by atoms with E-state index in [1.54, 1.807) is 7.05 Å². The van der Waals surface area contributed by atoms with Crippen LogP contribution < -0.4 is 15.4 Å². The van der Waals surface area contributed by atoms with Crippen LogP contribution in [0.5, 0.6) is 5.75 Å². The van der Waals surface area contributed by atoms with Crippen molar-refractivity contribution in [3.8, 4) is 5.75 Å². The first kappa shape index (κ1) is 19.2. The Labute approximate surface area is 157 Å². The Morgan fingerprint density at radius 1 is 1.22 bits per heavy atom. The molecule has 2 amide bonds. The molecule has 6 nitrogen and oxygen atoms in total. The molecule has 7 heteroatoms. The predicted molar refractivity (Wildman–Crippen MR) is 98.4 cm³/mol. The Kier molecular flexibility index (Phi) is 5.39. The second kappa shape index (κ2) is 7.58. The van der Waals surface area contributed by atoms with Crippen molar-refractivity contribution in [1.82, 2.24) is 10.6 Å². The number of ether oxygens (including phenoxy) is 1. The van der Waals surface area contributed by atoms with E-state index in [9.17, 15) is 14.0 Å². The highest BCUT2D eigenvalue weighted by Gasteiger charge is 2.58. The van der Waals surface area contributed by atoms with Crippen LogP contribution in [0.15, 0.2) is 36.2 Å². The minimum atomic E-state index is -1.21. The van der Waals surface area contributed by atoms with Gasteiger partial charge in [0.1, 0.15) is 12.4 Å². The second-order valence-corrected chi connectivity index (χ2v) is 7.56. The highest BCUT2D eigenvalue weighted by molar-refractivity contribution is 5.83. The largest absolute Gasteiger partial charge is 0.489 e. The van der Waals surface area contributed by atoms with Crippen molar-refractivity contribution in [3.63, 3.8) is 0 Å². The van der Waals surface area contributed by atoms with Crippen LogP contribution >= 0.6 is 0 Å². The smallest absolute Gasteiger partial charge is 0.404 e. The van der Waals surface area contributed by atoms with Crippen LogP contribution in [0.25, 0.3) is 0 Å². The van der Waals surface area contributed by atoms with E-state index in [0.717, 1.165) is 32.1 Å². The van der Waals surface area contributed by atoms with Crippen LogP contribution in [0.1, 0.15) is 37.7 Å². The minimum absolute atomic E-state index is 0.0267. The highest BCUT2D eigenvalue weighted by atomic mass is 19.1. The molecule has 2 aliphatic rings. The number of carboxylic acid groups (broad SMARTS) is 1. The molecule has 0 aliphatic heterocycles. The van der Waals surface area contributed by atoms with Crippen LogP contribution in [0.4, 0.5) is 9.18 Å². The zero-order chi connectivity index (χ0) is 19.5. The molecule has 0 heterocycles. The fourth-order valence-corrected chi connectivity index (χ4v) is 4.56. The van der Waals surface area contributed by atoms with Crippen LogP contribution in [-0.2, 0) is 10.2 Å². The van der Waals surface area contributed by atoms with E-state index in [1.165, 1.54) is 5.56 Å². The van der Waals surface area contributed by atoms with Gasteiger partial charge in [-0.15, -0.1) is 0 Å². The van der Waals surface area contributed by atoms with E-state index >= 15 is 0 Å². The fraction of sp³-hybridized carbons (Fsp3) is 0.500. The molecule has 27 heavy (non-hydrogen) atoms. The molecule has 0 atom stereocenters. The standard InChI is InChI=1S/C20H25FN2O4/c1-22-17(24)20-8-6-19(13-20,7-9-20)15-2-4-16(5-3-15)27-12-14(10-21)11-23-18(25)26/h2-5,10,23H,6-9,11-13H2,1H3,(H,22,24)(H,25,26)/b14-10-. The summed E-state index contributed by atoms with van der Waals surface area (Å²) in [5.41, 5.74) is 1.26. The molecule has 0 aromatic heterocycles. The monoisotopic (exact) mass is 376 g/mol. The predicted octanol–water partition coefficient (Wildman–Crippen LogP) is 3.13. The summed E-state index contributed by atoms with van der Waals surface area (Å²) in [6.07, 6.45) is 3.90. The zero-order valence-corrected chi connectivity index (χ0v) is 15.4. The Bertz CT molecular complexity index is 737. The molecule has 3 rings (SSSR count). The van der Waals surface area contributed by atoms with Gasteiger partial charge in [0.05, 0.1) is 11.7 Å². The summed E-state index contributed by atoms with van der Waals surface area (Å²) in [5, 5.41) is 13.5. The van der Waals surface area contributed by atoms with Crippen molar-refractivity contribution in [2.24, 2.45) is 5.41 Å². The van der Waals surface area contributed by atoms with E-state index in [-0.39, 0.29) is 35.5 Å². The molecule has 0 radical (unpaired) electrons. The Balaban J connectivity index is 1.61. The van der Waals surface area contributed by atoms with Gasteiger partial charge in [-0.25, -0.2) is 9.18 Å². The van der Waals surface area contributed by atoms with Gasteiger partial charge in [-0.05, 0) is 55.2 Å². The third-order valence-electron chi connectivity index (χ3n) is 6.06. The summed E-state index contributed by atoms with van der Waals surface area (Å²) in [6.45, 7) is -0.143. The topological polar surface area (TPSA) is 87.7 Å². The van der Waals surface area contributed by atoms with E-state index in [4.69, 9.17) is 9.84 Å². The number of benzene rings is 1. The summed E-state index contributed by atoms with van der Waals surface area (Å²) < 4.78 is 18.4. The van der Waals surface area contributed by atoms with E-state index < -0.39 is 6.09 Å². The van der Waals surface area contributed by atoms with Crippen molar-refractivity contribution in [3.05, 3.63) is 41.7 Å². The molecule has 0 spiro atoms. The molecule has 146 valence electrons.